The van der Waals surface area contributed by atoms with Crippen LogP contribution in [0.3, 0.4) is 0 Å². The van der Waals surface area contributed by atoms with Crippen molar-refractivity contribution in [1.29, 1.82) is 0 Å². The van der Waals surface area contributed by atoms with Crippen LogP contribution < -0.4 is 16.8 Å². The Balaban J connectivity index is 0.00000124. The molecule has 8 heteroatoms. The number of nitrogens with zero attached hydrogens (tertiary/aromatic N) is 1. The van der Waals surface area contributed by atoms with Gasteiger partial charge in [-0.1, -0.05) is 40.9 Å². The van der Waals surface area contributed by atoms with Gasteiger partial charge in [-0.15, -0.1) is 0 Å². The first-order chi connectivity index (χ1) is 14.6. The van der Waals surface area contributed by atoms with Crippen LogP contribution in [0.1, 0.15) is 0 Å². The van der Waals surface area contributed by atoms with Crippen LogP contribution in [0.25, 0.3) is 32.9 Å². The quantitative estimate of drug-likeness (QED) is 0.168. The topological polar surface area (TPSA) is 92.2 Å². The fourth-order valence-corrected chi connectivity index (χ4v) is 3.77. The van der Waals surface area contributed by atoms with Crippen LogP contribution in [0.4, 0.5) is 5.69 Å². The van der Waals surface area contributed by atoms with E-state index in [4.69, 9.17) is 40.5 Å². The van der Waals surface area contributed by atoms with Gasteiger partial charge < -0.3 is 21.8 Å². The van der Waals surface area contributed by atoms with E-state index in [1.54, 1.807) is 6.07 Å². The van der Waals surface area contributed by atoms with Crippen molar-refractivity contribution in [1.82, 2.24) is 4.98 Å². The zero-order valence-electron chi connectivity index (χ0n) is 16.3. The molecule has 1 heterocycles. The van der Waals surface area contributed by atoms with Crippen molar-refractivity contribution in [3.63, 3.8) is 0 Å². The number of aromatic nitrogens is 1. The number of H-pyrrole nitrogens is 1. The summed E-state index contributed by atoms with van der Waals surface area (Å²) in [5, 5.41) is 7.34. The van der Waals surface area contributed by atoms with E-state index in [0.29, 0.717) is 28.2 Å². The number of aliphatic imine (C=N–C) groups is 1. The fourth-order valence-electron chi connectivity index (χ4n) is 3.30. The Hall–Kier alpha value is -2.44. The van der Waals surface area contributed by atoms with E-state index in [2.05, 4.69) is 33.2 Å². The lowest BCUT2D eigenvalue weighted by Gasteiger charge is -2.13. The molecule has 0 radical (unpaired) electrons. The maximum Gasteiger partial charge on any atom is 0.0798 e. The molecule has 6 N–H and O–H groups in total. The highest BCUT2D eigenvalue weighted by Crippen LogP contribution is 2.38. The molecule has 0 atom stereocenters. The minimum Gasteiger partial charge on any atom is -0.390 e. The lowest BCUT2D eigenvalue weighted by molar-refractivity contribution is 1.03. The smallest absolute Gasteiger partial charge is 0.0798 e. The van der Waals surface area contributed by atoms with Crippen LogP contribution in [0.5, 0.6) is 0 Å². The number of rotatable bonds is 5. The molecule has 3 aromatic carbocycles. The average molecular weight is 463 g/mol. The third-order valence-corrected chi connectivity index (χ3v) is 5.57. The number of anilines is 1. The summed E-state index contributed by atoms with van der Waals surface area (Å²) in [7, 11) is 1.50. The van der Waals surface area contributed by atoms with Gasteiger partial charge in [0.15, 0.2) is 0 Å². The van der Waals surface area contributed by atoms with E-state index in [9.17, 15) is 0 Å². The van der Waals surface area contributed by atoms with Gasteiger partial charge in [-0.25, -0.2) is 0 Å². The Bertz CT molecular complexity index is 1200. The second-order valence-corrected chi connectivity index (χ2v) is 7.62. The molecule has 30 heavy (non-hydrogen) atoms. The molecule has 0 saturated carbocycles. The summed E-state index contributed by atoms with van der Waals surface area (Å²) in [4.78, 5) is 7.50. The SMILES string of the molecule is CN.NC=NCCNc1cc2[nH]c3ccc(Cl)cc3c2cc1-c1ccc(Cl)c(Cl)c1. The van der Waals surface area contributed by atoms with Gasteiger partial charge in [0.05, 0.1) is 22.9 Å². The molecular formula is C22H22Cl3N5. The fraction of sp³-hybridized carbons (Fsp3) is 0.136. The van der Waals surface area contributed by atoms with Gasteiger partial charge in [-0.2, -0.15) is 0 Å². The number of hydrogen-bond acceptors (Lipinski definition) is 3. The lowest BCUT2D eigenvalue weighted by atomic mass is 10.0. The summed E-state index contributed by atoms with van der Waals surface area (Å²) in [6, 6.07) is 15.7. The van der Waals surface area contributed by atoms with E-state index >= 15 is 0 Å². The Kier molecular flexibility index (Phi) is 7.45. The van der Waals surface area contributed by atoms with Crippen LogP contribution in [0.2, 0.25) is 15.1 Å². The molecule has 5 nitrogen and oxygen atoms in total. The highest BCUT2D eigenvalue weighted by molar-refractivity contribution is 6.42. The van der Waals surface area contributed by atoms with Gasteiger partial charge >= 0.3 is 0 Å². The van der Waals surface area contributed by atoms with Crippen LogP contribution in [0.15, 0.2) is 53.5 Å². The highest BCUT2D eigenvalue weighted by atomic mass is 35.5. The summed E-state index contributed by atoms with van der Waals surface area (Å²) in [5.41, 5.74) is 14.8. The maximum atomic E-state index is 6.27. The molecule has 0 unspecified atom stereocenters. The van der Waals surface area contributed by atoms with E-state index in [-0.39, 0.29) is 0 Å². The Morgan fingerprint density at radius 2 is 1.70 bits per heavy atom. The van der Waals surface area contributed by atoms with Crippen molar-refractivity contribution >= 4 is 68.6 Å². The third-order valence-electron chi connectivity index (χ3n) is 4.59. The lowest BCUT2D eigenvalue weighted by Crippen LogP contribution is -2.07. The molecule has 0 fully saturated rings. The van der Waals surface area contributed by atoms with Gasteiger partial charge in [-0.3, -0.25) is 4.99 Å². The number of benzene rings is 3. The third kappa shape index (κ3) is 4.65. The zero-order valence-corrected chi connectivity index (χ0v) is 18.6. The van der Waals surface area contributed by atoms with Crippen LogP contribution in [0, 0.1) is 0 Å². The van der Waals surface area contributed by atoms with E-state index in [1.807, 2.05) is 30.3 Å². The first-order valence-corrected chi connectivity index (χ1v) is 10.4. The number of fused-ring (bicyclic) bond motifs is 3. The van der Waals surface area contributed by atoms with E-state index < -0.39 is 0 Å². The molecule has 4 rings (SSSR count). The monoisotopic (exact) mass is 461 g/mol. The number of halogens is 3. The van der Waals surface area contributed by atoms with Crippen LogP contribution in [-0.4, -0.2) is 31.5 Å². The van der Waals surface area contributed by atoms with Crippen LogP contribution >= 0.6 is 34.8 Å². The highest BCUT2D eigenvalue weighted by Gasteiger charge is 2.13. The summed E-state index contributed by atoms with van der Waals surface area (Å²) in [5.74, 6) is 0. The van der Waals surface area contributed by atoms with Gasteiger partial charge in [0.25, 0.3) is 0 Å². The van der Waals surface area contributed by atoms with Crippen molar-refractivity contribution < 1.29 is 0 Å². The molecule has 0 spiro atoms. The molecule has 4 aromatic rings. The number of aromatic amines is 1. The average Bonchev–Trinajstić information content (AvgIpc) is 3.10. The van der Waals surface area contributed by atoms with E-state index in [1.165, 1.54) is 13.4 Å². The second-order valence-electron chi connectivity index (χ2n) is 6.37. The summed E-state index contributed by atoms with van der Waals surface area (Å²) >= 11 is 18.6. The molecule has 1 aromatic heterocycles. The predicted molar refractivity (Wildman–Crippen MR) is 132 cm³/mol. The van der Waals surface area contributed by atoms with Crippen molar-refractivity contribution in [2.45, 2.75) is 0 Å². The standard InChI is InChI=1S/C21H17Cl3N4.CH5N/c22-13-2-4-19-15(8-13)16-9-14(12-1-3-17(23)18(24)7-12)20(10-21(16)28-19)27-6-5-26-11-25;1-2/h1-4,7-11,27-28H,5-6H2,(H2,25,26);2H2,1H3. The van der Waals surface area contributed by atoms with E-state index in [0.717, 1.165) is 38.6 Å². The normalized spacial score (nSPS) is 11.1. The maximum absolute atomic E-state index is 6.27. The van der Waals surface area contributed by atoms with Gasteiger partial charge in [0, 0.05) is 44.6 Å². The summed E-state index contributed by atoms with van der Waals surface area (Å²) < 4.78 is 0. The number of nitrogens with one attached hydrogen (secondary N) is 2. The minimum atomic E-state index is 0.514. The van der Waals surface area contributed by atoms with Gasteiger partial charge in [0.2, 0.25) is 0 Å². The first-order valence-electron chi connectivity index (χ1n) is 9.29. The number of hydrogen-bond donors (Lipinski definition) is 4. The van der Waals surface area contributed by atoms with Gasteiger partial charge in [0.1, 0.15) is 0 Å². The molecule has 0 bridgehead atoms. The molecule has 0 amide bonds. The number of nitrogens with two attached hydrogens (primary N) is 2. The summed E-state index contributed by atoms with van der Waals surface area (Å²) in [6.45, 7) is 1.23. The first kappa shape index (κ1) is 22.2. The molecule has 0 aliphatic rings. The predicted octanol–water partition coefficient (Wildman–Crippen LogP) is 5.92. The second kappa shape index (κ2) is 10.0. The largest absolute Gasteiger partial charge is 0.390 e. The molecule has 156 valence electrons. The molecule has 0 saturated heterocycles. The molecule has 0 aliphatic carbocycles. The molecular weight excluding hydrogens is 441 g/mol. The Morgan fingerprint density at radius 1 is 0.933 bits per heavy atom. The van der Waals surface area contributed by atoms with Crippen LogP contribution in [-0.2, 0) is 0 Å². The van der Waals surface area contributed by atoms with Crippen molar-refractivity contribution in [3.8, 4) is 11.1 Å². The minimum absolute atomic E-state index is 0.514. The zero-order chi connectivity index (χ0) is 21.7. The van der Waals surface area contributed by atoms with Crippen molar-refractivity contribution in [2.24, 2.45) is 16.5 Å². The van der Waals surface area contributed by atoms with Crippen molar-refractivity contribution in [3.05, 3.63) is 63.6 Å². The molecule has 0 aliphatic heterocycles. The summed E-state index contributed by atoms with van der Waals surface area (Å²) in [6.07, 6.45) is 1.31. The Morgan fingerprint density at radius 3 is 2.43 bits per heavy atom. The van der Waals surface area contributed by atoms with Gasteiger partial charge in [-0.05, 0) is 55.1 Å². The van der Waals surface area contributed by atoms with Crippen molar-refractivity contribution in [2.75, 3.05) is 25.5 Å². The Labute approximate surface area is 190 Å².